The molecule has 1 aromatic carbocycles. The highest BCUT2D eigenvalue weighted by Gasteiger charge is 2.17. The number of carbonyl (C=O) groups excluding carboxylic acids is 1. The van der Waals surface area contributed by atoms with Gasteiger partial charge in [-0.05, 0) is 52.0 Å². The lowest BCUT2D eigenvalue weighted by Crippen LogP contribution is -2.36. The quantitative estimate of drug-likeness (QED) is 0.648. The predicted octanol–water partition coefficient (Wildman–Crippen LogP) is 3.26. The number of piperidine rings is 1. The second-order valence-corrected chi connectivity index (χ2v) is 5.64. The van der Waals surface area contributed by atoms with E-state index in [-0.39, 0.29) is 5.91 Å². The van der Waals surface area contributed by atoms with Crippen LogP contribution in [-0.4, -0.2) is 37.0 Å². The molecule has 0 spiro atoms. The molecule has 1 saturated heterocycles. The van der Waals surface area contributed by atoms with Crippen molar-refractivity contribution in [2.45, 2.75) is 25.8 Å². The van der Waals surface area contributed by atoms with Crippen LogP contribution in [0.15, 0.2) is 48.6 Å². The molecular weight excluding hydrogens is 274 g/mol. The monoisotopic (exact) mass is 299 g/mol. The number of nitrogens with one attached hydrogen (secondary N) is 2. The van der Waals surface area contributed by atoms with Crippen LogP contribution in [0.1, 0.15) is 19.8 Å². The first-order chi connectivity index (χ1) is 10.7. The van der Waals surface area contributed by atoms with Gasteiger partial charge in [0.1, 0.15) is 0 Å². The number of amides is 1. The third kappa shape index (κ3) is 5.04. The Hall–Kier alpha value is -2.07. The van der Waals surface area contributed by atoms with E-state index in [0.717, 1.165) is 37.3 Å². The van der Waals surface area contributed by atoms with Crippen molar-refractivity contribution in [1.82, 2.24) is 4.90 Å². The Bertz CT molecular complexity index is 543. The number of hydrogen-bond acceptors (Lipinski definition) is 3. The summed E-state index contributed by atoms with van der Waals surface area (Å²) in [7, 11) is 2.15. The summed E-state index contributed by atoms with van der Waals surface area (Å²) in [5.74, 6) is -0.115. The van der Waals surface area contributed by atoms with Crippen molar-refractivity contribution in [3.8, 4) is 0 Å². The van der Waals surface area contributed by atoms with Gasteiger partial charge in [0.05, 0.1) is 11.4 Å². The first kappa shape index (κ1) is 16.3. The SMILES string of the molecule is C/C=C/C=C/C(=O)Nc1ccccc1NC1CCN(C)CC1. The number of anilines is 2. The van der Waals surface area contributed by atoms with E-state index in [1.165, 1.54) is 6.08 Å². The number of rotatable bonds is 5. The van der Waals surface area contributed by atoms with Gasteiger partial charge in [-0.15, -0.1) is 0 Å². The molecule has 1 heterocycles. The summed E-state index contributed by atoms with van der Waals surface area (Å²) < 4.78 is 0. The van der Waals surface area contributed by atoms with Crippen molar-refractivity contribution < 1.29 is 4.79 Å². The molecule has 1 aliphatic heterocycles. The molecule has 0 aliphatic carbocycles. The molecule has 0 bridgehead atoms. The fourth-order valence-electron chi connectivity index (χ4n) is 2.52. The number of nitrogens with zero attached hydrogens (tertiary/aromatic N) is 1. The molecule has 1 amide bonds. The number of para-hydroxylation sites is 2. The topological polar surface area (TPSA) is 44.4 Å². The number of likely N-dealkylation sites (tertiary alicyclic amines) is 1. The van der Waals surface area contributed by atoms with E-state index in [0.29, 0.717) is 6.04 Å². The first-order valence-corrected chi connectivity index (χ1v) is 7.83. The van der Waals surface area contributed by atoms with Gasteiger partial charge in [-0.25, -0.2) is 0 Å². The maximum Gasteiger partial charge on any atom is 0.248 e. The fourth-order valence-corrected chi connectivity index (χ4v) is 2.52. The number of allylic oxidation sites excluding steroid dienone is 3. The Morgan fingerprint density at radius 1 is 1.18 bits per heavy atom. The minimum Gasteiger partial charge on any atom is -0.381 e. The van der Waals surface area contributed by atoms with Crippen LogP contribution in [0.5, 0.6) is 0 Å². The predicted molar refractivity (Wildman–Crippen MR) is 93.2 cm³/mol. The molecule has 22 heavy (non-hydrogen) atoms. The smallest absolute Gasteiger partial charge is 0.248 e. The number of benzene rings is 1. The number of hydrogen-bond donors (Lipinski definition) is 2. The van der Waals surface area contributed by atoms with E-state index >= 15 is 0 Å². The van der Waals surface area contributed by atoms with Crippen LogP contribution >= 0.6 is 0 Å². The summed E-state index contributed by atoms with van der Waals surface area (Å²) in [4.78, 5) is 14.3. The molecule has 1 fully saturated rings. The summed E-state index contributed by atoms with van der Waals surface area (Å²) in [6, 6.07) is 8.34. The second kappa shape index (κ2) is 8.39. The van der Waals surface area contributed by atoms with Gasteiger partial charge in [0.2, 0.25) is 5.91 Å². The van der Waals surface area contributed by atoms with Crippen LogP contribution in [0.4, 0.5) is 11.4 Å². The van der Waals surface area contributed by atoms with Crippen molar-refractivity contribution in [1.29, 1.82) is 0 Å². The highest BCUT2D eigenvalue weighted by molar-refractivity contribution is 6.01. The molecule has 4 heteroatoms. The summed E-state index contributed by atoms with van der Waals surface area (Å²) >= 11 is 0. The second-order valence-electron chi connectivity index (χ2n) is 5.64. The minimum absolute atomic E-state index is 0.115. The van der Waals surface area contributed by atoms with E-state index in [1.54, 1.807) is 6.08 Å². The standard InChI is InChI=1S/C18H25N3O/c1-3-4-5-10-18(22)20-17-9-7-6-8-16(17)19-15-11-13-21(2)14-12-15/h3-10,15,19H,11-14H2,1-2H3,(H,20,22)/b4-3+,10-5+. The average molecular weight is 299 g/mol. The Morgan fingerprint density at radius 2 is 1.86 bits per heavy atom. The first-order valence-electron chi connectivity index (χ1n) is 7.83. The van der Waals surface area contributed by atoms with Crippen molar-refractivity contribution in [3.05, 3.63) is 48.6 Å². The Morgan fingerprint density at radius 3 is 2.55 bits per heavy atom. The van der Waals surface area contributed by atoms with Crippen LogP contribution in [0.25, 0.3) is 0 Å². The van der Waals surface area contributed by atoms with Gasteiger partial charge in [0.15, 0.2) is 0 Å². The molecule has 118 valence electrons. The molecule has 2 rings (SSSR count). The minimum atomic E-state index is -0.115. The van der Waals surface area contributed by atoms with E-state index < -0.39 is 0 Å². The molecule has 1 aromatic rings. The molecule has 0 aromatic heterocycles. The lowest BCUT2D eigenvalue weighted by atomic mass is 10.0. The summed E-state index contributed by atoms with van der Waals surface area (Å²) in [6.07, 6.45) is 9.25. The molecule has 4 nitrogen and oxygen atoms in total. The molecule has 2 N–H and O–H groups in total. The van der Waals surface area contributed by atoms with Gasteiger partial charge >= 0.3 is 0 Å². The molecular formula is C18H25N3O. The Balaban J connectivity index is 1.99. The normalized spacial score (nSPS) is 17.2. The largest absolute Gasteiger partial charge is 0.381 e. The molecule has 0 radical (unpaired) electrons. The fraction of sp³-hybridized carbons (Fsp3) is 0.389. The number of carbonyl (C=O) groups is 1. The van der Waals surface area contributed by atoms with Crippen LogP contribution in [0, 0.1) is 0 Å². The lowest BCUT2D eigenvalue weighted by molar-refractivity contribution is -0.111. The third-order valence-electron chi connectivity index (χ3n) is 3.81. The van der Waals surface area contributed by atoms with Gasteiger partial charge in [0.25, 0.3) is 0 Å². The van der Waals surface area contributed by atoms with Crippen molar-refractivity contribution >= 4 is 17.3 Å². The third-order valence-corrected chi connectivity index (χ3v) is 3.81. The summed E-state index contributed by atoms with van der Waals surface area (Å²) in [6.45, 7) is 4.14. The zero-order valence-corrected chi connectivity index (χ0v) is 13.4. The Kier molecular flexibility index (Phi) is 6.22. The molecule has 0 atom stereocenters. The average Bonchev–Trinajstić information content (AvgIpc) is 2.52. The zero-order chi connectivity index (χ0) is 15.8. The highest BCUT2D eigenvalue weighted by Crippen LogP contribution is 2.24. The van der Waals surface area contributed by atoms with Gasteiger partial charge in [0, 0.05) is 12.1 Å². The molecule has 0 unspecified atom stereocenters. The van der Waals surface area contributed by atoms with E-state index in [4.69, 9.17) is 0 Å². The highest BCUT2D eigenvalue weighted by atomic mass is 16.1. The van der Waals surface area contributed by atoms with Gasteiger partial charge in [-0.3, -0.25) is 4.79 Å². The van der Waals surface area contributed by atoms with Crippen LogP contribution in [-0.2, 0) is 4.79 Å². The maximum absolute atomic E-state index is 11.9. The van der Waals surface area contributed by atoms with Gasteiger partial charge < -0.3 is 15.5 Å². The van der Waals surface area contributed by atoms with E-state index in [9.17, 15) is 4.79 Å². The lowest BCUT2D eigenvalue weighted by Gasteiger charge is -2.30. The van der Waals surface area contributed by atoms with Crippen LogP contribution in [0.2, 0.25) is 0 Å². The maximum atomic E-state index is 11.9. The molecule has 0 saturated carbocycles. The van der Waals surface area contributed by atoms with Crippen molar-refractivity contribution in [2.24, 2.45) is 0 Å². The van der Waals surface area contributed by atoms with Crippen molar-refractivity contribution in [3.63, 3.8) is 0 Å². The van der Waals surface area contributed by atoms with E-state index in [1.807, 2.05) is 43.3 Å². The van der Waals surface area contributed by atoms with Gasteiger partial charge in [-0.2, -0.15) is 0 Å². The van der Waals surface area contributed by atoms with E-state index in [2.05, 4.69) is 22.6 Å². The Labute approximate surface area is 132 Å². The molecule has 1 aliphatic rings. The van der Waals surface area contributed by atoms with Crippen LogP contribution in [0.3, 0.4) is 0 Å². The van der Waals surface area contributed by atoms with Gasteiger partial charge in [-0.1, -0.05) is 30.4 Å². The van der Waals surface area contributed by atoms with Crippen molar-refractivity contribution in [2.75, 3.05) is 30.8 Å². The van der Waals surface area contributed by atoms with Crippen LogP contribution < -0.4 is 10.6 Å². The summed E-state index contributed by atoms with van der Waals surface area (Å²) in [5, 5.41) is 6.50. The summed E-state index contributed by atoms with van der Waals surface area (Å²) in [5.41, 5.74) is 1.82. The zero-order valence-electron chi connectivity index (χ0n) is 13.4.